The summed E-state index contributed by atoms with van der Waals surface area (Å²) in [7, 11) is -2.99. The molecule has 1 aliphatic carbocycles. The molecular weight excluding hydrogens is 514 g/mol. The van der Waals surface area contributed by atoms with Gasteiger partial charge >= 0.3 is 5.97 Å². The van der Waals surface area contributed by atoms with E-state index in [1.807, 2.05) is 30.3 Å². The first-order valence-electron chi connectivity index (χ1n) is 13.5. The Kier molecular flexibility index (Phi) is 7.84. The molecular formula is C31H35NO6S. The van der Waals surface area contributed by atoms with Gasteiger partial charge in [0.05, 0.1) is 18.3 Å². The Labute approximate surface area is 230 Å². The Balaban J connectivity index is 1.29. The molecule has 1 N–H and O–H groups in total. The molecule has 0 bridgehead atoms. The van der Waals surface area contributed by atoms with Crippen molar-refractivity contribution in [1.82, 2.24) is 0 Å². The van der Waals surface area contributed by atoms with E-state index in [2.05, 4.69) is 42.2 Å². The summed E-state index contributed by atoms with van der Waals surface area (Å²) in [5.41, 5.74) is 6.86. The third-order valence-electron chi connectivity index (χ3n) is 7.55. The molecule has 3 aromatic carbocycles. The van der Waals surface area contributed by atoms with E-state index in [1.54, 1.807) is 0 Å². The Morgan fingerprint density at radius 1 is 1.00 bits per heavy atom. The first kappa shape index (κ1) is 27.1. The molecule has 1 fully saturated rings. The second kappa shape index (κ2) is 11.3. The van der Waals surface area contributed by atoms with E-state index < -0.39 is 15.8 Å². The van der Waals surface area contributed by atoms with Crippen LogP contribution in [0.15, 0.2) is 60.7 Å². The number of nitrogens with zero attached hydrogens (tertiary/aromatic N) is 1. The van der Waals surface area contributed by atoms with Crippen LogP contribution in [0.3, 0.4) is 0 Å². The normalized spacial score (nSPS) is 18.1. The number of fused-ring (bicyclic) bond motifs is 3. The maximum Gasteiger partial charge on any atom is 0.307 e. The van der Waals surface area contributed by atoms with Crippen molar-refractivity contribution >= 4 is 21.5 Å². The van der Waals surface area contributed by atoms with Crippen LogP contribution in [0.5, 0.6) is 11.5 Å². The van der Waals surface area contributed by atoms with Gasteiger partial charge in [0.15, 0.2) is 0 Å². The fraction of sp³-hybridized carbons (Fsp3) is 0.387. The highest BCUT2D eigenvalue weighted by Gasteiger charge is 2.44. The zero-order valence-corrected chi connectivity index (χ0v) is 23.2. The summed E-state index contributed by atoms with van der Waals surface area (Å²) in [4.78, 5) is 13.5. The maximum atomic E-state index is 11.4. The number of carboxylic acids is 1. The lowest BCUT2D eigenvalue weighted by Crippen LogP contribution is -2.24. The average molecular weight is 550 g/mol. The van der Waals surface area contributed by atoms with E-state index in [0.717, 1.165) is 47.7 Å². The lowest BCUT2D eigenvalue weighted by atomic mass is 9.96. The van der Waals surface area contributed by atoms with Crippen LogP contribution in [-0.4, -0.2) is 51.2 Å². The van der Waals surface area contributed by atoms with Crippen LogP contribution in [0, 0.1) is 5.92 Å². The largest absolute Gasteiger partial charge is 0.494 e. The number of rotatable bonds is 11. The topological polar surface area (TPSA) is 93.1 Å². The number of carboxylic acid groups (broad SMARTS) is 1. The molecule has 0 unspecified atom stereocenters. The number of sulfone groups is 1. The third kappa shape index (κ3) is 6.56. The van der Waals surface area contributed by atoms with Crippen molar-refractivity contribution in [2.45, 2.75) is 38.7 Å². The van der Waals surface area contributed by atoms with E-state index in [1.165, 1.54) is 23.1 Å². The molecule has 0 radical (unpaired) electrons. The van der Waals surface area contributed by atoms with E-state index in [-0.39, 0.29) is 17.6 Å². The van der Waals surface area contributed by atoms with E-state index in [4.69, 9.17) is 9.47 Å². The number of hydrogen-bond acceptors (Lipinski definition) is 6. The minimum atomic E-state index is -2.99. The number of aliphatic carboxylic acids is 1. The minimum absolute atomic E-state index is 0.112. The Bertz CT molecular complexity index is 1450. The van der Waals surface area contributed by atoms with Crippen LogP contribution in [0.25, 0.3) is 11.1 Å². The van der Waals surface area contributed by atoms with Gasteiger partial charge in [0.25, 0.3) is 0 Å². The quantitative estimate of drug-likeness (QED) is 0.324. The minimum Gasteiger partial charge on any atom is -0.494 e. The van der Waals surface area contributed by atoms with E-state index >= 15 is 0 Å². The second-order valence-electron chi connectivity index (χ2n) is 10.5. The predicted molar refractivity (Wildman–Crippen MR) is 153 cm³/mol. The molecule has 39 heavy (non-hydrogen) atoms. The van der Waals surface area contributed by atoms with Gasteiger partial charge in [-0.3, -0.25) is 4.79 Å². The highest BCUT2D eigenvalue weighted by atomic mass is 32.2. The number of benzene rings is 3. The van der Waals surface area contributed by atoms with Crippen LogP contribution >= 0.6 is 0 Å². The zero-order chi connectivity index (χ0) is 27.6. The van der Waals surface area contributed by atoms with Crippen LogP contribution in [0.1, 0.15) is 42.4 Å². The smallest absolute Gasteiger partial charge is 0.307 e. The molecule has 0 aromatic heterocycles. The van der Waals surface area contributed by atoms with Crippen molar-refractivity contribution in [3.8, 4) is 22.6 Å². The van der Waals surface area contributed by atoms with E-state index in [0.29, 0.717) is 26.1 Å². The molecule has 206 valence electrons. The van der Waals surface area contributed by atoms with Gasteiger partial charge in [0.1, 0.15) is 27.9 Å². The first-order valence-corrected chi connectivity index (χ1v) is 15.5. The second-order valence-corrected chi connectivity index (χ2v) is 12.7. The fourth-order valence-corrected chi connectivity index (χ4v) is 5.97. The monoisotopic (exact) mass is 549 g/mol. The Morgan fingerprint density at radius 3 is 2.46 bits per heavy atom. The summed E-state index contributed by atoms with van der Waals surface area (Å²) in [6, 6.07) is 20.4. The van der Waals surface area contributed by atoms with Crippen molar-refractivity contribution in [3.63, 3.8) is 0 Å². The number of hydrogen-bond donors (Lipinski definition) is 1. The van der Waals surface area contributed by atoms with Gasteiger partial charge in [0, 0.05) is 30.6 Å². The summed E-state index contributed by atoms with van der Waals surface area (Å²) in [6.07, 6.45) is 3.31. The van der Waals surface area contributed by atoms with Gasteiger partial charge in [-0.2, -0.15) is 0 Å². The number of carbonyl (C=O) groups is 1. The van der Waals surface area contributed by atoms with Gasteiger partial charge in [-0.25, -0.2) is 8.42 Å². The van der Waals surface area contributed by atoms with Gasteiger partial charge in [0.2, 0.25) is 0 Å². The van der Waals surface area contributed by atoms with Crippen molar-refractivity contribution in [2.75, 3.05) is 36.6 Å². The third-order valence-corrected chi connectivity index (χ3v) is 8.58. The Morgan fingerprint density at radius 2 is 1.77 bits per heavy atom. The molecule has 7 nitrogen and oxygen atoms in total. The number of likely N-dealkylation sites (N-methyl/N-ethyl adjacent to an activating group) is 1. The molecule has 0 spiro atoms. The Hall–Kier alpha value is -3.52. The summed E-state index contributed by atoms with van der Waals surface area (Å²) in [5.74, 6) is 0.773. The summed E-state index contributed by atoms with van der Waals surface area (Å²) >= 11 is 0. The molecule has 0 amide bonds. The van der Waals surface area contributed by atoms with Crippen LogP contribution < -0.4 is 14.4 Å². The van der Waals surface area contributed by atoms with Gasteiger partial charge in [-0.15, -0.1) is 0 Å². The average Bonchev–Trinajstić information content (AvgIpc) is 3.73. The van der Waals surface area contributed by atoms with Crippen LogP contribution in [0.4, 0.5) is 5.69 Å². The summed E-state index contributed by atoms with van der Waals surface area (Å²) in [6.45, 7) is 4.77. The molecule has 0 saturated heterocycles. The van der Waals surface area contributed by atoms with Crippen molar-refractivity contribution < 1.29 is 27.8 Å². The lowest BCUT2D eigenvalue weighted by molar-refractivity contribution is -0.138. The predicted octanol–water partition coefficient (Wildman–Crippen LogP) is 5.32. The molecule has 2 aliphatic rings. The lowest BCUT2D eigenvalue weighted by Gasteiger charge is -2.23. The summed E-state index contributed by atoms with van der Waals surface area (Å²) < 4.78 is 34.7. The highest BCUT2D eigenvalue weighted by molar-refractivity contribution is 7.90. The van der Waals surface area contributed by atoms with Crippen LogP contribution in [-0.2, 0) is 27.7 Å². The highest BCUT2D eigenvalue weighted by Crippen LogP contribution is 2.47. The van der Waals surface area contributed by atoms with Gasteiger partial charge in [-0.05, 0) is 90.8 Å². The SMILES string of the molecule is CCN1CCc2cc(OCCCS(C)(=O)=O)ccc2-c2cc(COc3ccc([C@H]4C[C@@H]4C(=O)O)cc3)ccc21. The van der Waals surface area contributed by atoms with Crippen molar-refractivity contribution in [1.29, 1.82) is 0 Å². The maximum absolute atomic E-state index is 11.4. The van der Waals surface area contributed by atoms with Crippen molar-refractivity contribution in [3.05, 3.63) is 77.4 Å². The molecule has 1 aliphatic heterocycles. The first-order chi connectivity index (χ1) is 18.7. The van der Waals surface area contributed by atoms with E-state index in [9.17, 15) is 18.3 Å². The molecule has 5 rings (SSSR count). The molecule has 2 atom stereocenters. The summed E-state index contributed by atoms with van der Waals surface area (Å²) in [5, 5.41) is 9.17. The standard InChI is InChI=1S/C31H35NO6S/c1-3-32-14-13-23-18-25(37-15-4-16-39(2,35)36)10-11-26(23)28-17-21(5-12-30(28)32)20-38-24-8-6-22(7-9-24)27-19-29(27)31(33)34/h5-12,17-18,27,29H,3-4,13-16,19-20H2,1-2H3,(H,33,34)/t27-,29+/m1/s1. The molecule has 1 heterocycles. The number of anilines is 1. The zero-order valence-electron chi connectivity index (χ0n) is 22.4. The van der Waals surface area contributed by atoms with Gasteiger partial charge in [-0.1, -0.05) is 24.3 Å². The molecule has 8 heteroatoms. The van der Waals surface area contributed by atoms with Crippen molar-refractivity contribution in [2.24, 2.45) is 5.92 Å². The fourth-order valence-electron chi connectivity index (χ4n) is 5.32. The number of ether oxygens (including phenoxy) is 2. The molecule has 3 aromatic rings. The molecule has 1 saturated carbocycles. The van der Waals surface area contributed by atoms with Gasteiger partial charge < -0.3 is 19.5 Å². The van der Waals surface area contributed by atoms with Crippen LogP contribution in [0.2, 0.25) is 0 Å².